The minimum Gasteiger partial charge on any atom is -0.497 e. The van der Waals surface area contributed by atoms with Crippen LogP contribution in [0.5, 0.6) is 5.75 Å². The van der Waals surface area contributed by atoms with Crippen LogP contribution in [0.25, 0.3) is 10.2 Å². The number of carbonyl (C=O) groups is 1. The summed E-state index contributed by atoms with van der Waals surface area (Å²) >= 11 is 1.44. The van der Waals surface area contributed by atoms with E-state index in [2.05, 4.69) is 15.2 Å². The molecule has 1 fully saturated rings. The lowest BCUT2D eigenvalue weighted by atomic mass is 10.2. The predicted octanol–water partition coefficient (Wildman–Crippen LogP) is 1.79. The van der Waals surface area contributed by atoms with Crippen molar-refractivity contribution in [1.29, 1.82) is 0 Å². The summed E-state index contributed by atoms with van der Waals surface area (Å²) < 4.78 is 19.3. The number of anilines is 2. The molecule has 0 bridgehead atoms. The van der Waals surface area contributed by atoms with Crippen LogP contribution in [0.2, 0.25) is 0 Å². The largest absolute Gasteiger partial charge is 0.497 e. The Bertz CT molecular complexity index is 968. The fourth-order valence-electron chi connectivity index (χ4n) is 3.39. The Kier molecular flexibility index (Phi) is 5.40. The molecule has 2 N–H and O–H groups in total. The van der Waals surface area contributed by atoms with Crippen molar-refractivity contribution in [3.63, 3.8) is 0 Å². The van der Waals surface area contributed by atoms with E-state index in [1.165, 1.54) is 28.4 Å². The van der Waals surface area contributed by atoms with E-state index in [-0.39, 0.29) is 11.7 Å². The predicted molar refractivity (Wildman–Crippen MR) is 109 cm³/mol. The third-order valence-corrected chi connectivity index (χ3v) is 5.85. The topological polar surface area (TPSA) is 58.9 Å². The van der Waals surface area contributed by atoms with Crippen LogP contribution in [0.4, 0.5) is 15.2 Å². The maximum absolute atomic E-state index is 13.1. The summed E-state index contributed by atoms with van der Waals surface area (Å²) in [5.41, 5.74) is 1.87. The second-order valence-corrected chi connectivity index (χ2v) is 7.82. The highest BCUT2D eigenvalue weighted by molar-refractivity contribution is 7.22. The average Bonchev–Trinajstić information content (AvgIpc) is 3.10. The van der Waals surface area contributed by atoms with Crippen molar-refractivity contribution < 1.29 is 18.8 Å². The van der Waals surface area contributed by atoms with Crippen LogP contribution in [-0.4, -0.2) is 50.7 Å². The SMILES string of the molecule is COc1ccc2nc(NC(=O)C[NH+]3CCN(c4ccc(F)cc4)CC3)sc2c1. The Morgan fingerprint density at radius 1 is 1.25 bits per heavy atom. The number of aromatic nitrogens is 1. The number of carbonyl (C=O) groups excluding carboxylic acids is 1. The number of amides is 1. The molecule has 6 nitrogen and oxygen atoms in total. The minimum absolute atomic E-state index is 0.0312. The van der Waals surface area contributed by atoms with Gasteiger partial charge in [-0.3, -0.25) is 10.1 Å². The van der Waals surface area contributed by atoms with Crippen molar-refractivity contribution in [2.24, 2.45) is 0 Å². The molecule has 0 atom stereocenters. The third-order valence-electron chi connectivity index (χ3n) is 4.91. The Balaban J connectivity index is 1.30. The van der Waals surface area contributed by atoms with Gasteiger partial charge in [0.25, 0.3) is 5.91 Å². The lowest BCUT2D eigenvalue weighted by Crippen LogP contribution is -3.15. The van der Waals surface area contributed by atoms with Crippen LogP contribution in [0.1, 0.15) is 0 Å². The van der Waals surface area contributed by atoms with Crippen molar-refractivity contribution >= 4 is 38.3 Å². The maximum Gasteiger partial charge on any atom is 0.281 e. The van der Waals surface area contributed by atoms with Gasteiger partial charge in [0, 0.05) is 5.69 Å². The molecule has 1 saturated heterocycles. The Morgan fingerprint density at radius 3 is 2.71 bits per heavy atom. The standard InChI is InChI=1S/C20H21FN4O2S/c1-27-16-6-7-17-18(12-16)28-20(22-17)23-19(26)13-24-8-10-25(11-9-24)15-4-2-14(21)3-5-15/h2-7,12H,8-11,13H2,1H3,(H,22,23,26)/p+1. The van der Waals surface area contributed by atoms with E-state index in [9.17, 15) is 9.18 Å². The molecule has 4 rings (SSSR count). The van der Waals surface area contributed by atoms with Gasteiger partial charge in [0.05, 0.1) is 43.5 Å². The molecule has 3 aromatic rings. The Hall–Kier alpha value is -2.71. The van der Waals surface area contributed by atoms with E-state index in [1.54, 1.807) is 19.2 Å². The molecule has 28 heavy (non-hydrogen) atoms. The van der Waals surface area contributed by atoms with Crippen LogP contribution in [0.15, 0.2) is 42.5 Å². The third kappa shape index (κ3) is 4.23. The number of rotatable bonds is 5. The first-order chi connectivity index (χ1) is 13.6. The van der Waals surface area contributed by atoms with Crippen molar-refractivity contribution in [3.8, 4) is 5.75 Å². The number of hydrogen-bond acceptors (Lipinski definition) is 5. The summed E-state index contributed by atoms with van der Waals surface area (Å²) in [4.78, 5) is 20.3. The molecule has 1 aliphatic rings. The number of fused-ring (bicyclic) bond motifs is 1. The van der Waals surface area contributed by atoms with E-state index in [4.69, 9.17) is 4.74 Å². The van der Waals surface area contributed by atoms with Crippen LogP contribution in [0.3, 0.4) is 0 Å². The Morgan fingerprint density at radius 2 is 2.00 bits per heavy atom. The highest BCUT2D eigenvalue weighted by Gasteiger charge is 2.23. The fraction of sp³-hybridized carbons (Fsp3) is 0.300. The summed E-state index contributed by atoms with van der Waals surface area (Å²) in [5.74, 6) is 0.520. The second-order valence-electron chi connectivity index (χ2n) is 6.79. The smallest absolute Gasteiger partial charge is 0.281 e. The first-order valence-electron chi connectivity index (χ1n) is 9.19. The first kappa shape index (κ1) is 18.6. The van der Waals surface area contributed by atoms with E-state index >= 15 is 0 Å². The van der Waals surface area contributed by atoms with Gasteiger partial charge in [0.1, 0.15) is 11.6 Å². The summed E-state index contributed by atoms with van der Waals surface area (Å²) in [5, 5.41) is 3.53. The number of ether oxygens (including phenoxy) is 1. The molecule has 0 saturated carbocycles. The van der Waals surface area contributed by atoms with Gasteiger partial charge < -0.3 is 14.5 Å². The van der Waals surface area contributed by atoms with Crippen molar-refractivity contribution in [2.45, 2.75) is 0 Å². The van der Waals surface area contributed by atoms with E-state index in [0.717, 1.165) is 47.8 Å². The van der Waals surface area contributed by atoms with E-state index in [0.29, 0.717) is 11.7 Å². The second kappa shape index (κ2) is 8.12. The molecule has 1 aromatic heterocycles. The number of hydrogen-bond donors (Lipinski definition) is 2. The van der Waals surface area contributed by atoms with E-state index in [1.807, 2.05) is 18.2 Å². The summed E-state index contributed by atoms with van der Waals surface area (Å²) in [6.07, 6.45) is 0. The number of thiazole rings is 1. The van der Waals surface area contributed by atoms with E-state index < -0.39 is 0 Å². The van der Waals surface area contributed by atoms with Crippen molar-refractivity contribution in [1.82, 2.24) is 4.98 Å². The van der Waals surface area contributed by atoms with Gasteiger partial charge >= 0.3 is 0 Å². The molecular formula is C20H22FN4O2S+. The molecular weight excluding hydrogens is 379 g/mol. The van der Waals surface area contributed by atoms with Crippen LogP contribution in [0, 0.1) is 5.82 Å². The Labute approximate surface area is 166 Å². The van der Waals surface area contributed by atoms with Gasteiger partial charge in [-0.15, -0.1) is 0 Å². The lowest BCUT2D eigenvalue weighted by molar-refractivity contribution is -0.892. The van der Waals surface area contributed by atoms with Gasteiger partial charge in [-0.2, -0.15) is 0 Å². The quantitative estimate of drug-likeness (QED) is 0.685. The molecule has 0 aliphatic carbocycles. The molecule has 0 spiro atoms. The number of nitrogens with zero attached hydrogens (tertiary/aromatic N) is 2. The number of benzene rings is 2. The number of methoxy groups -OCH3 is 1. The number of quaternary nitrogens is 1. The molecule has 1 amide bonds. The highest BCUT2D eigenvalue weighted by atomic mass is 32.1. The first-order valence-corrected chi connectivity index (χ1v) is 10.0. The average molecular weight is 401 g/mol. The molecule has 2 aromatic carbocycles. The zero-order valence-corrected chi connectivity index (χ0v) is 16.4. The van der Waals surface area contributed by atoms with Crippen LogP contribution < -0.4 is 19.9 Å². The fourth-order valence-corrected chi connectivity index (χ4v) is 4.30. The highest BCUT2D eigenvalue weighted by Crippen LogP contribution is 2.29. The zero-order valence-electron chi connectivity index (χ0n) is 15.6. The summed E-state index contributed by atoms with van der Waals surface area (Å²) in [6.45, 7) is 3.82. The van der Waals surface area contributed by atoms with Crippen molar-refractivity contribution in [3.05, 3.63) is 48.3 Å². The van der Waals surface area contributed by atoms with Gasteiger partial charge in [-0.25, -0.2) is 9.37 Å². The van der Waals surface area contributed by atoms with Gasteiger partial charge in [0.15, 0.2) is 11.7 Å². The summed E-state index contributed by atoms with van der Waals surface area (Å²) in [7, 11) is 1.63. The van der Waals surface area contributed by atoms with Gasteiger partial charge in [-0.05, 0) is 42.5 Å². The molecule has 1 aliphatic heterocycles. The van der Waals surface area contributed by atoms with Crippen LogP contribution in [-0.2, 0) is 4.79 Å². The zero-order chi connectivity index (χ0) is 19.5. The lowest BCUT2D eigenvalue weighted by Gasteiger charge is -2.33. The molecule has 0 unspecified atom stereocenters. The minimum atomic E-state index is -0.224. The number of piperazine rings is 1. The number of halogens is 1. The monoisotopic (exact) mass is 401 g/mol. The number of nitrogens with one attached hydrogen (secondary N) is 2. The van der Waals surface area contributed by atoms with Gasteiger partial charge in [-0.1, -0.05) is 11.3 Å². The van der Waals surface area contributed by atoms with Gasteiger partial charge in [0.2, 0.25) is 0 Å². The molecule has 146 valence electrons. The molecule has 8 heteroatoms. The normalized spacial score (nSPS) is 15.0. The van der Waals surface area contributed by atoms with Crippen LogP contribution >= 0.6 is 11.3 Å². The molecule has 2 heterocycles. The maximum atomic E-state index is 13.1. The van der Waals surface area contributed by atoms with Crippen molar-refractivity contribution in [2.75, 3.05) is 50.1 Å². The summed E-state index contributed by atoms with van der Waals surface area (Å²) in [6, 6.07) is 12.2. The molecule has 0 radical (unpaired) electrons.